The number of pyridine rings is 1. The van der Waals surface area contributed by atoms with Crippen molar-refractivity contribution in [3.8, 4) is 0 Å². The summed E-state index contributed by atoms with van der Waals surface area (Å²) in [7, 11) is 0. The number of benzene rings is 1. The van der Waals surface area contributed by atoms with E-state index in [-0.39, 0.29) is 24.3 Å². The zero-order valence-electron chi connectivity index (χ0n) is 15.0. The minimum Gasteiger partial charge on any atom is -0.343 e. The van der Waals surface area contributed by atoms with Crippen molar-refractivity contribution in [1.29, 1.82) is 0 Å². The highest BCUT2D eigenvalue weighted by atomic mass is 16.2. The first kappa shape index (κ1) is 18.6. The summed E-state index contributed by atoms with van der Waals surface area (Å²) < 4.78 is 0. The summed E-state index contributed by atoms with van der Waals surface area (Å²) in [5.74, 6) is -0.542. The molecule has 0 atom stereocenters. The van der Waals surface area contributed by atoms with E-state index in [0.29, 0.717) is 43.9 Å². The number of carbonyl (C=O) groups is 3. The van der Waals surface area contributed by atoms with E-state index in [4.69, 9.17) is 0 Å². The summed E-state index contributed by atoms with van der Waals surface area (Å²) in [6, 6.07) is 14.0. The van der Waals surface area contributed by atoms with Gasteiger partial charge in [0.25, 0.3) is 11.8 Å². The molecule has 7 heteroatoms. The van der Waals surface area contributed by atoms with Crippen LogP contribution in [0, 0.1) is 0 Å². The highest BCUT2D eigenvalue weighted by molar-refractivity contribution is 5.96. The first-order chi connectivity index (χ1) is 13.1. The van der Waals surface area contributed by atoms with E-state index >= 15 is 0 Å². The van der Waals surface area contributed by atoms with Crippen molar-refractivity contribution in [2.45, 2.75) is 6.42 Å². The molecule has 1 aromatic carbocycles. The maximum absolute atomic E-state index is 12.5. The minimum absolute atomic E-state index is 0.0537. The van der Waals surface area contributed by atoms with E-state index in [1.807, 2.05) is 6.07 Å². The fourth-order valence-electron chi connectivity index (χ4n) is 2.98. The van der Waals surface area contributed by atoms with Crippen LogP contribution in [-0.4, -0.2) is 65.2 Å². The van der Waals surface area contributed by atoms with Crippen molar-refractivity contribution in [2.75, 3.05) is 32.7 Å². The van der Waals surface area contributed by atoms with E-state index in [1.165, 1.54) is 0 Å². The number of hydrogen-bond acceptors (Lipinski definition) is 4. The quantitative estimate of drug-likeness (QED) is 0.881. The SMILES string of the molecule is O=C(NCC(=O)N1CCCN(C(=O)c2ccccn2)CC1)c1ccccc1. The lowest BCUT2D eigenvalue weighted by Gasteiger charge is -2.22. The molecular weight excluding hydrogens is 344 g/mol. The van der Waals surface area contributed by atoms with Crippen LogP contribution < -0.4 is 5.32 Å². The molecule has 1 fully saturated rings. The maximum Gasteiger partial charge on any atom is 0.272 e. The monoisotopic (exact) mass is 366 g/mol. The Balaban J connectivity index is 1.51. The fourth-order valence-corrected chi connectivity index (χ4v) is 2.98. The lowest BCUT2D eigenvalue weighted by Crippen LogP contribution is -2.42. The van der Waals surface area contributed by atoms with Gasteiger partial charge in [0, 0.05) is 37.9 Å². The van der Waals surface area contributed by atoms with Crippen LogP contribution in [0.25, 0.3) is 0 Å². The van der Waals surface area contributed by atoms with E-state index in [0.717, 1.165) is 0 Å². The van der Waals surface area contributed by atoms with Crippen LogP contribution in [0.2, 0.25) is 0 Å². The number of nitrogens with one attached hydrogen (secondary N) is 1. The Hall–Kier alpha value is -3.22. The smallest absolute Gasteiger partial charge is 0.272 e. The summed E-state index contributed by atoms with van der Waals surface area (Å²) in [5, 5.41) is 2.66. The lowest BCUT2D eigenvalue weighted by molar-refractivity contribution is -0.129. The Labute approximate surface area is 158 Å². The maximum atomic E-state index is 12.5. The van der Waals surface area contributed by atoms with Gasteiger partial charge in [-0.05, 0) is 30.7 Å². The van der Waals surface area contributed by atoms with Gasteiger partial charge >= 0.3 is 0 Å². The van der Waals surface area contributed by atoms with Crippen molar-refractivity contribution < 1.29 is 14.4 Å². The highest BCUT2D eigenvalue weighted by Crippen LogP contribution is 2.08. The molecule has 27 heavy (non-hydrogen) atoms. The van der Waals surface area contributed by atoms with Crippen molar-refractivity contribution in [2.24, 2.45) is 0 Å². The van der Waals surface area contributed by atoms with Gasteiger partial charge in [0.1, 0.15) is 5.69 Å². The molecule has 3 amide bonds. The predicted octanol–water partition coefficient (Wildman–Crippen LogP) is 1.19. The van der Waals surface area contributed by atoms with E-state index < -0.39 is 0 Å². The largest absolute Gasteiger partial charge is 0.343 e. The number of hydrogen-bond donors (Lipinski definition) is 1. The summed E-state index contributed by atoms with van der Waals surface area (Å²) >= 11 is 0. The van der Waals surface area contributed by atoms with Gasteiger partial charge in [-0.3, -0.25) is 19.4 Å². The molecule has 0 aliphatic carbocycles. The third kappa shape index (κ3) is 4.91. The molecule has 0 bridgehead atoms. The zero-order chi connectivity index (χ0) is 19.1. The molecule has 2 heterocycles. The van der Waals surface area contributed by atoms with Gasteiger partial charge in [-0.1, -0.05) is 24.3 Å². The molecule has 0 saturated carbocycles. The van der Waals surface area contributed by atoms with Gasteiger partial charge in [0.15, 0.2) is 0 Å². The van der Waals surface area contributed by atoms with Gasteiger partial charge in [0.2, 0.25) is 5.91 Å². The van der Waals surface area contributed by atoms with Crippen LogP contribution in [0.15, 0.2) is 54.7 Å². The van der Waals surface area contributed by atoms with Crippen LogP contribution in [0.3, 0.4) is 0 Å². The van der Waals surface area contributed by atoms with Gasteiger partial charge < -0.3 is 15.1 Å². The second-order valence-corrected chi connectivity index (χ2v) is 6.29. The average Bonchev–Trinajstić information content (AvgIpc) is 2.99. The number of nitrogens with zero attached hydrogens (tertiary/aromatic N) is 3. The van der Waals surface area contributed by atoms with Gasteiger partial charge in [-0.15, -0.1) is 0 Å². The van der Waals surface area contributed by atoms with Crippen LogP contribution in [0.1, 0.15) is 27.3 Å². The molecule has 1 aliphatic rings. The summed E-state index contributed by atoms with van der Waals surface area (Å²) in [5.41, 5.74) is 0.931. The number of carbonyl (C=O) groups excluding carboxylic acids is 3. The summed E-state index contributed by atoms with van der Waals surface area (Å²) in [6.45, 7) is 1.98. The Morgan fingerprint density at radius 1 is 0.889 bits per heavy atom. The van der Waals surface area contributed by atoms with E-state index in [2.05, 4.69) is 10.3 Å². The van der Waals surface area contributed by atoms with Gasteiger partial charge in [0.05, 0.1) is 6.54 Å². The average molecular weight is 366 g/mol. The van der Waals surface area contributed by atoms with Crippen LogP contribution >= 0.6 is 0 Å². The Morgan fingerprint density at radius 3 is 2.33 bits per heavy atom. The molecule has 140 valence electrons. The standard InChI is InChI=1S/C20H22N4O3/c25-18(15-22-19(26)16-7-2-1-3-8-16)23-11-6-12-24(14-13-23)20(27)17-9-4-5-10-21-17/h1-5,7-10H,6,11-15H2,(H,22,26). The second-order valence-electron chi connectivity index (χ2n) is 6.29. The van der Waals surface area contributed by atoms with Crippen molar-refractivity contribution >= 4 is 17.7 Å². The van der Waals surface area contributed by atoms with Crippen LogP contribution in [-0.2, 0) is 4.79 Å². The van der Waals surface area contributed by atoms with E-state index in [9.17, 15) is 14.4 Å². The van der Waals surface area contributed by atoms with Crippen LogP contribution in [0.4, 0.5) is 0 Å². The van der Waals surface area contributed by atoms with Gasteiger partial charge in [-0.25, -0.2) is 0 Å². The Morgan fingerprint density at radius 2 is 1.59 bits per heavy atom. The van der Waals surface area contributed by atoms with E-state index in [1.54, 1.807) is 58.5 Å². The molecule has 1 saturated heterocycles. The zero-order valence-corrected chi connectivity index (χ0v) is 15.0. The molecule has 1 N–H and O–H groups in total. The first-order valence-electron chi connectivity index (χ1n) is 8.96. The molecule has 7 nitrogen and oxygen atoms in total. The second kappa shape index (κ2) is 8.93. The van der Waals surface area contributed by atoms with Crippen LogP contribution in [0.5, 0.6) is 0 Å². The third-order valence-corrected chi connectivity index (χ3v) is 4.46. The minimum atomic E-state index is -0.272. The topological polar surface area (TPSA) is 82.6 Å². The molecule has 1 aliphatic heterocycles. The first-order valence-corrected chi connectivity index (χ1v) is 8.96. The molecule has 0 spiro atoms. The molecule has 0 unspecified atom stereocenters. The third-order valence-electron chi connectivity index (χ3n) is 4.46. The Kier molecular flexibility index (Phi) is 6.14. The predicted molar refractivity (Wildman–Crippen MR) is 100 cm³/mol. The van der Waals surface area contributed by atoms with Crippen molar-refractivity contribution in [3.63, 3.8) is 0 Å². The summed E-state index contributed by atoms with van der Waals surface area (Å²) in [4.78, 5) is 44.5. The molecule has 3 rings (SSSR count). The number of aromatic nitrogens is 1. The highest BCUT2D eigenvalue weighted by Gasteiger charge is 2.23. The summed E-state index contributed by atoms with van der Waals surface area (Å²) in [6.07, 6.45) is 2.28. The Bertz CT molecular complexity index is 795. The molecule has 1 aromatic heterocycles. The lowest BCUT2D eigenvalue weighted by atomic mass is 10.2. The molecular formula is C20H22N4O3. The number of amides is 3. The fraction of sp³-hybridized carbons (Fsp3) is 0.300. The van der Waals surface area contributed by atoms with Crippen molar-refractivity contribution in [3.05, 3.63) is 66.0 Å². The van der Waals surface area contributed by atoms with Crippen molar-refractivity contribution in [1.82, 2.24) is 20.1 Å². The molecule has 2 aromatic rings. The van der Waals surface area contributed by atoms with Gasteiger partial charge in [-0.2, -0.15) is 0 Å². The number of rotatable bonds is 4. The molecule has 0 radical (unpaired) electrons. The normalized spacial score (nSPS) is 14.4.